The summed E-state index contributed by atoms with van der Waals surface area (Å²) < 4.78 is 18.8. The summed E-state index contributed by atoms with van der Waals surface area (Å²) in [6.45, 7) is 1.84. The van der Waals surface area contributed by atoms with Crippen molar-refractivity contribution in [1.29, 1.82) is 0 Å². The van der Waals surface area contributed by atoms with Gasteiger partial charge in [-0.1, -0.05) is 0 Å². The van der Waals surface area contributed by atoms with E-state index in [4.69, 9.17) is 9.94 Å². The fourth-order valence-electron chi connectivity index (χ4n) is 1.30. The smallest absolute Gasteiger partial charge is 0.143 e. The fourth-order valence-corrected chi connectivity index (χ4v) is 1.88. The molecule has 0 amide bonds. The predicted molar refractivity (Wildman–Crippen MR) is 54.0 cm³/mol. The molecule has 1 rings (SSSR count). The van der Waals surface area contributed by atoms with Crippen molar-refractivity contribution >= 4 is 15.9 Å². The molecule has 0 saturated carbocycles. The van der Waals surface area contributed by atoms with Crippen molar-refractivity contribution in [2.24, 2.45) is 0 Å². The first kappa shape index (κ1) is 11.4. The summed E-state index contributed by atoms with van der Waals surface area (Å²) in [4.78, 5) is 0. The normalized spacial score (nSPS) is 10.4. The quantitative estimate of drug-likeness (QED) is 0.823. The van der Waals surface area contributed by atoms with E-state index in [1.54, 1.807) is 13.0 Å². The van der Waals surface area contributed by atoms with Gasteiger partial charge in [-0.3, -0.25) is 0 Å². The van der Waals surface area contributed by atoms with Gasteiger partial charge < -0.3 is 9.94 Å². The number of hydrogen-bond acceptors (Lipinski definition) is 3. The third kappa shape index (κ3) is 2.05. The molecule has 1 aromatic rings. The summed E-state index contributed by atoms with van der Waals surface area (Å²) in [6, 6.07) is 1.57. The van der Waals surface area contributed by atoms with Crippen molar-refractivity contribution in [3.63, 3.8) is 0 Å². The maximum Gasteiger partial charge on any atom is 0.143 e. The van der Waals surface area contributed by atoms with Crippen LogP contribution >= 0.6 is 15.9 Å². The van der Waals surface area contributed by atoms with E-state index >= 15 is 0 Å². The molecule has 0 radical (unpaired) electrons. The molecule has 0 aromatic heterocycles. The van der Waals surface area contributed by atoms with E-state index in [1.165, 1.54) is 7.11 Å². The lowest BCUT2D eigenvalue weighted by Crippen LogP contribution is -2.09. The lowest BCUT2D eigenvalue weighted by molar-refractivity contribution is 0.160. The number of methoxy groups -OCH3 is 1. The Kier molecular flexibility index (Phi) is 3.86. The summed E-state index contributed by atoms with van der Waals surface area (Å²) in [5.41, 5.74) is 3.13. The van der Waals surface area contributed by atoms with Gasteiger partial charge in [0.25, 0.3) is 0 Å². The Balaban J connectivity index is 3.28. The second-order valence-electron chi connectivity index (χ2n) is 2.82. The Morgan fingerprint density at radius 1 is 1.64 bits per heavy atom. The summed E-state index contributed by atoms with van der Waals surface area (Å²) in [6.07, 6.45) is 0. The number of hydroxylamine groups is 1. The van der Waals surface area contributed by atoms with E-state index in [1.807, 2.05) is 5.48 Å². The number of hydrogen-bond donors (Lipinski definition) is 2. The molecule has 0 bridgehead atoms. The van der Waals surface area contributed by atoms with Crippen LogP contribution in [0.4, 0.5) is 4.39 Å². The van der Waals surface area contributed by atoms with Crippen LogP contribution in [0.15, 0.2) is 10.5 Å². The van der Waals surface area contributed by atoms with Crippen LogP contribution in [0.2, 0.25) is 0 Å². The summed E-state index contributed by atoms with van der Waals surface area (Å²) >= 11 is 3.09. The van der Waals surface area contributed by atoms with Crippen molar-refractivity contribution in [2.75, 3.05) is 7.11 Å². The molecule has 0 fully saturated rings. The minimum Gasteiger partial charge on any atom is -0.496 e. The van der Waals surface area contributed by atoms with Crippen molar-refractivity contribution < 1.29 is 14.3 Å². The lowest BCUT2D eigenvalue weighted by Gasteiger charge is -2.12. The molecule has 0 atom stereocenters. The van der Waals surface area contributed by atoms with E-state index in [0.29, 0.717) is 21.3 Å². The number of benzene rings is 1. The lowest BCUT2D eigenvalue weighted by atomic mass is 10.1. The first-order valence-electron chi connectivity index (χ1n) is 4.00. The molecule has 2 N–H and O–H groups in total. The molecule has 1 aromatic carbocycles. The van der Waals surface area contributed by atoms with Crippen LogP contribution in [-0.4, -0.2) is 12.3 Å². The van der Waals surface area contributed by atoms with E-state index in [9.17, 15) is 4.39 Å². The predicted octanol–water partition coefficient (Wildman–Crippen LogP) is 2.38. The molecule has 0 spiro atoms. The Labute approximate surface area is 90.0 Å². The zero-order chi connectivity index (χ0) is 10.7. The second-order valence-corrected chi connectivity index (χ2v) is 3.68. The first-order valence-corrected chi connectivity index (χ1v) is 4.79. The molecular weight excluding hydrogens is 253 g/mol. The standard InChI is InChI=1S/C9H11BrFNO2/c1-5-8(11)7(10)3-6(4-12-13)9(5)14-2/h3,12-13H,4H2,1-2H3. The monoisotopic (exact) mass is 263 g/mol. The molecule has 0 heterocycles. The minimum absolute atomic E-state index is 0.211. The maximum atomic E-state index is 13.4. The Morgan fingerprint density at radius 3 is 2.79 bits per heavy atom. The Morgan fingerprint density at radius 2 is 2.29 bits per heavy atom. The van der Waals surface area contributed by atoms with Gasteiger partial charge in [-0.05, 0) is 28.9 Å². The number of halogens is 2. The van der Waals surface area contributed by atoms with Gasteiger partial charge in [0.2, 0.25) is 0 Å². The highest BCUT2D eigenvalue weighted by molar-refractivity contribution is 9.10. The zero-order valence-electron chi connectivity index (χ0n) is 7.90. The van der Waals surface area contributed by atoms with Crippen LogP contribution in [0.3, 0.4) is 0 Å². The van der Waals surface area contributed by atoms with Crippen LogP contribution in [0.5, 0.6) is 5.75 Å². The van der Waals surface area contributed by atoms with Crippen LogP contribution in [0.25, 0.3) is 0 Å². The van der Waals surface area contributed by atoms with Gasteiger partial charge in [0.05, 0.1) is 11.6 Å². The molecule has 3 nitrogen and oxygen atoms in total. The van der Waals surface area contributed by atoms with E-state index in [2.05, 4.69) is 15.9 Å². The molecule has 0 aliphatic rings. The van der Waals surface area contributed by atoms with Gasteiger partial charge in [0.1, 0.15) is 11.6 Å². The molecule has 0 aliphatic carbocycles. The molecule has 5 heteroatoms. The van der Waals surface area contributed by atoms with Crippen molar-refractivity contribution in [2.45, 2.75) is 13.5 Å². The zero-order valence-corrected chi connectivity index (χ0v) is 9.48. The average Bonchev–Trinajstić information content (AvgIpc) is 2.16. The Hall–Kier alpha value is -0.650. The minimum atomic E-state index is -0.344. The highest BCUT2D eigenvalue weighted by Gasteiger charge is 2.13. The summed E-state index contributed by atoms with van der Waals surface area (Å²) in [7, 11) is 1.47. The molecule has 0 aliphatic heterocycles. The van der Waals surface area contributed by atoms with Gasteiger partial charge >= 0.3 is 0 Å². The summed E-state index contributed by atoms with van der Waals surface area (Å²) in [5.74, 6) is 0.107. The van der Waals surface area contributed by atoms with Gasteiger partial charge in [0.15, 0.2) is 0 Å². The van der Waals surface area contributed by atoms with Crippen LogP contribution in [0.1, 0.15) is 11.1 Å². The average molecular weight is 264 g/mol. The van der Waals surface area contributed by atoms with Gasteiger partial charge in [0, 0.05) is 17.7 Å². The number of ether oxygens (including phenoxy) is 1. The van der Waals surface area contributed by atoms with Crippen LogP contribution < -0.4 is 10.2 Å². The van der Waals surface area contributed by atoms with Crippen molar-refractivity contribution in [3.05, 3.63) is 27.5 Å². The highest BCUT2D eigenvalue weighted by atomic mass is 79.9. The fraction of sp³-hybridized carbons (Fsp3) is 0.333. The van der Waals surface area contributed by atoms with Gasteiger partial charge in [-0.25, -0.2) is 9.87 Å². The summed E-state index contributed by atoms with van der Waals surface area (Å²) in [5, 5.41) is 8.58. The third-order valence-electron chi connectivity index (χ3n) is 1.95. The molecule has 0 saturated heterocycles. The van der Waals surface area contributed by atoms with E-state index in [0.717, 1.165) is 0 Å². The van der Waals surface area contributed by atoms with Crippen molar-refractivity contribution in [1.82, 2.24) is 5.48 Å². The van der Waals surface area contributed by atoms with Crippen LogP contribution in [-0.2, 0) is 6.54 Å². The molecule has 14 heavy (non-hydrogen) atoms. The van der Waals surface area contributed by atoms with Crippen molar-refractivity contribution in [3.8, 4) is 5.75 Å². The number of nitrogens with one attached hydrogen (secondary N) is 1. The Bertz CT molecular complexity index is 344. The largest absolute Gasteiger partial charge is 0.496 e. The molecule has 78 valence electrons. The third-order valence-corrected chi connectivity index (χ3v) is 2.52. The first-order chi connectivity index (χ1) is 6.61. The topological polar surface area (TPSA) is 41.5 Å². The maximum absolute atomic E-state index is 13.4. The van der Waals surface area contributed by atoms with Gasteiger partial charge in [-0.2, -0.15) is 0 Å². The molecule has 0 unspecified atom stereocenters. The van der Waals surface area contributed by atoms with E-state index < -0.39 is 0 Å². The SMILES string of the molecule is COc1c(CNO)cc(Br)c(F)c1C. The van der Waals surface area contributed by atoms with Gasteiger partial charge in [-0.15, -0.1) is 0 Å². The highest BCUT2D eigenvalue weighted by Crippen LogP contribution is 2.31. The number of rotatable bonds is 3. The van der Waals surface area contributed by atoms with E-state index in [-0.39, 0.29) is 12.4 Å². The second kappa shape index (κ2) is 4.72. The molecular formula is C9H11BrFNO2. The van der Waals surface area contributed by atoms with Crippen LogP contribution in [0, 0.1) is 12.7 Å².